The Morgan fingerprint density at radius 2 is 1.08 bits per heavy atom. The summed E-state index contributed by atoms with van der Waals surface area (Å²) >= 11 is 0. The molecule has 9 rings (SSSR count). The number of nitrogens with zero attached hydrogens (tertiary/aromatic N) is 4. The van der Waals surface area contributed by atoms with Gasteiger partial charge < -0.3 is 8.83 Å². The smallest absolute Gasteiger partial charge is 0.348 e. The van der Waals surface area contributed by atoms with Crippen molar-refractivity contribution in [2.24, 2.45) is 0 Å². The molecule has 39 heavy (non-hydrogen) atoms. The normalized spacial score (nSPS) is 14.6. The zero-order valence-electron chi connectivity index (χ0n) is 22.4. The lowest BCUT2D eigenvalue weighted by Gasteiger charge is -2.31. The van der Waals surface area contributed by atoms with Gasteiger partial charge in [-0.3, -0.25) is 8.80 Å². The van der Waals surface area contributed by atoms with Crippen LogP contribution in [-0.4, -0.2) is 25.5 Å². The van der Waals surface area contributed by atoms with Crippen molar-refractivity contribution in [2.75, 3.05) is 0 Å². The molecule has 7 aromatic rings. The van der Waals surface area contributed by atoms with Gasteiger partial charge in [-0.05, 0) is 56.5 Å². The number of rotatable bonds is 0. The molecule has 0 unspecified atom stereocenters. The Morgan fingerprint density at radius 3 is 1.49 bits per heavy atom. The Kier molecular flexibility index (Phi) is 3.36. The molecule has 6 heterocycles. The Bertz CT molecular complexity index is 2290. The lowest BCUT2D eigenvalue weighted by molar-refractivity contribution is 0.537. The third-order valence-corrected chi connectivity index (χ3v) is 8.71. The molecular formula is C30H23BN4O4. The van der Waals surface area contributed by atoms with Crippen molar-refractivity contribution in [3.8, 4) is 0 Å². The van der Waals surface area contributed by atoms with Gasteiger partial charge in [0.1, 0.15) is 0 Å². The fourth-order valence-electron chi connectivity index (χ4n) is 6.80. The summed E-state index contributed by atoms with van der Waals surface area (Å²) in [5.74, 6) is 0.515. The van der Waals surface area contributed by atoms with Crippen LogP contribution < -0.4 is 27.6 Å². The Balaban J connectivity index is 1.65. The first-order valence-corrected chi connectivity index (χ1v) is 13.2. The molecule has 9 heteroatoms. The van der Waals surface area contributed by atoms with E-state index < -0.39 is 11.3 Å². The molecule has 0 aliphatic carbocycles. The van der Waals surface area contributed by atoms with Crippen LogP contribution in [0.15, 0.2) is 48.8 Å². The average Bonchev–Trinajstić information content (AvgIpc) is 3.41. The van der Waals surface area contributed by atoms with Crippen LogP contribution in [0.1, 0.15) is 52.7 Å². The average molecular weight is 514 g/mol. The minimum absolute atomic E-state index is 0.136. The molecule has 0 N–H and O–H groups in total. The maximum atomic E-state index is 13.4. The number of fused-ring (bicyclic) bond motifs is 2. The summed E-state index contributed by atoms with van der Waals surface area (Å²) in [6.07, 6.45) is 0. The highest BCUT2D eigenvalue weighted by molar-refractivity contribution is 7.01. The highest BCUT2D eigenvalue weighted by Crippen LogP contribution is 2.35. The van der Waals surface area contributed by atoms with E-state index in [9.17, 15) is 9.59 Å². The predicted octanol–water partition coefficient (Wildman–Crippen LogP) is 3.24. The first-order chi connectivity index (χ1) is 18.4. The third-order valence-electron chi connectivity index (χ3n) is 8.71. The molecule has 0 fully saturated rings. The quantitative estimate of drug-likeness (QED) is 0.228. The maximum absolute atomic E-state index is 13.4. The molecule has 190 valence electrons. The zero-order chi connectivity index (χ0) is 26.9. The molecule has 0 amide bonds. The van der Waals surface area contributed by atoms with Gasteiger partial charge >= 0.3 is 22.9 Å². The van der Waals surface area contributed by atoms with Crippen molar-refractivity contribution < 1.29 is 8.83 Å². The monoisotopic (exact) mass is 514 g/mol. The van der Waals surface area contributed by atoms with Crippen molar-refractivity contribution in [3.05, 3.63) is 62.3 Å². The Hall–Kier alpha value is -4.40. The van der Waals surface area contributed by atoms with Crippen LogP contribution in [0.2, 0.25) is 0 Å². The molecule has 2 aliphatic rings. The van der Waals surface area contributed by atoms with Crippen LogP contribution in [0.4, 0.5) is 0 Å². The van der Waals surface area contributed by atoms with Crippen LogP contribution in [0.25, 0.3) is 55.6 Å². The standard InChI is InChI=1S/C30H23BN4O4/c1-29(2,3)12-7-16-23-18(9-12)32-27-34(23)21-14(25(36)38-27)11-15-22-20(21)31(16)17-8-13(30(4,5)6)10-19-24(17)35(22)28(33-19)39-26(15)37/h7-11H,1-6H3. The Morgan fingerprint density at radius 1 is 0.641 bits per heavy atom. The fraction of sp³-hybridized carbons (Fsp3) is 0.267. The van der Waals surface area contributed by atoms with E-state index in [4.69, 9.17) is 18.8 Å². The van der Waals surface area contributed by atoms with Crippen LogP contribution >= 0.6 is 0 Å². The minimum Gasteiger partial charge on any atom is -0.388 e. The summed E-state index contributed by atoms with van der Waals surface area (Å²) in [7, 11) is 0. The number of imidazole rings is 2. The van der Waals surface area contributed by atoms with Gasteiger partial charge in [-0.15, -0.1) is 0 Å². The van der Waals surface area contributed by atoms with Gasteiger partial charge in [0, 0.05) is 0 Å². The van der Waals surface area contributed by atoms with Gasteiger partial charge in [0.05, 0.1) is 43.9 Å². The maximum Gasteiger partial charge on any atom is 0.348 e. The topological polar surface area (TPSA) is 95.0 Å². The van der Waals surface area contributed by atoms with Gasteiger partial charge in [0.15, 0.2) is 0 Å². The molecule has 0 saturated heterocycles. The second-order valence-electron chi connectivity index (χ2n) is 13.1. The number of hydrogen-bond donors (Lipinski definition) is 0. The summed E-state index contributed by atoms with van der Waals surface area (Å²) < 4.78 is 15.4. The summed E-state index contributed by atoms with van der Waals surface area (Å²) in [6, 6.07) is 10.4. The molecule has 0 atom stereocenters. The lowest BCUT2D eigenvalue weighted by atomic mass is 9.34. The van der Waals surface area contributed by atoms with Crippen LogP contribution in [0, 0.1) is 0 Å². The van der Waals surface area contributed by atoms with E-state index in [1.165, 1.54) is 0 Å². The van der Waals surface area contributed by atoms with Gasteiger partial charge in [-0.25, -0.2) is 9.59 Å². The van der Waals surface area contributed by atoms with Crippen molar-refractivity contribution >= 4 is 78.7 Å². The van der Waals surface area contributed by atoms with E-state index in [0.29, 0.717) is 10.8 Å². The van der Waals surface area contributed by atoms with Crippen molar-refractivity contribution in [2.45, 2.75) is 52.4 Å². The second kappa shape index (κ2) is 6.09. The largest absolute Gasteiger partial charge is 0.388 e. The molecule has 0 spiro atoms. The predicted molar refractivity (Wildman–Crippen MR) is 153 cm³/mol. The highest BCUT2D eigenvalue weighted by atomic mass is 16.4. The summed E-state index contributed by atoms with van der Waals surface area (Å²) in [6.45, 7) is 12.9. The van der Waals surface area contributed by atoms with Gasteiger partial charge in [-0.1, -0.05) is 53.7 Å². The van der Waals surface area contributed by atoms with E-state index in [1.54, 1.807) is 6.07 Å². The van der Waals surface area contributed by atoms with Crippen molar-refractivity contribution in [1.82, 2.24) is 18.8 Å². The van der Waals surface area contributed by atoms with Gasteiger partial charge in [0.2, 0.25) is 0 Å². The van der Waals surface area contributed by atoms with Crippen molar-refractivity contribution in [3.63, 3.8) is 0 Å². The summed E-state index contributed by atoms with van der Waals surface area (Å²) in [5.41, 5.74) is 8.96. The lowest BCUT2D eigenvalue weighted by Crippen LogP contribution is -2.58. The molecule has 0 bridgehead atoms. The number of hydrogen-bond acceptors (Lipinski definition) is 6. The van der Waals surface area contributed by atoms with Gasteiger partial charge in [-0.2, -0.15) is 9.97 Å². The van der Waals surface area contributed by atoms with Crippen LogP contribution in [-0.2, 0) is 10.8 Å². The van der Waals surface area contributed by atoms with E-state index in [2.05, 4.69) is 65.8 Å². The van der Waals surface area contributed by atoms with E-state index >= 15 is 0 Å². The van der Waals surface area contributed by atoms with Crippen molar-refractivity contribution in [1.29, 1.82) is 0 Å². The second-order valence-corrected chi connectivity index (χ2v) is 13.1. The SMILES string of the molecule is CC(C)(C)c1cc2c3c(c1)nc1oc(=O)c4cc5c(=O)oc6nc7cc(C(C)(C)C)cc8c7n6c5c(c4n13)B28. The number of benzene rings is 3. The van der Waals surface area contributed by atoms with E-state index in [-0.39, 0.29) is 29.2 Å². The molecular weight excluding hydrogens is 491 g/mol. The molecule has 0 saturated carbocycles. The van der Waals surface area contributed by atoms with Crippen LogP contribution in [0.3, 0.4) is 0 Å². The first kappa shape index (κ1) is 21.5. The number of aromatic nitrogens is 4. The molecule has 2 aliphatic heterocycles. The molecule has 0 radical (unpaired) electrons. The van der Waals surface area contributed by atoms with Gasteiger partial charge in [0.25, 0.3) is 6.71 Å². The highest BCUT2D eigenvalue weighted by Gasteiger charge is 2.42. The fourth-order valence-corrected chi connectivity index (χ4v) is 6.80. The summed E-state index contributed by atoms with van der Waals surface area (Å²) in [5, 5.41) is 0.691. The van der Waals surface area contributed by atoms with Crippen LogP contribution in [0.5, 0.6) is 0 Å². The van der Waals surface area contributed by atoms with E-state index in [1.807, 2.05) is 8.80 Å². The molecule has 8 nitrogen and oxygen atoms in total. The minimum atomic E-state index is -0.520. The molecule has 4 aromatic heterocycles. The molecule has 3 aromatic carbocycles. The summed E-state index contributed by atoms with van der Waals surface area (Å²) in [4.78, 5) is 36.3. The first-order valence-electron chi connectivity index (χ1n) is 13.2. The third kappa shape index (κ3) is 2.35. The zero-order valence-corrected chi connectivity index (χ0v) is 22.4. The Labute approximate surface area is 220 Å². The van der Waals surface area contributed by atoms with E-state index in [0.717, 1.165) is 60.6 Å².